The minimum absolute atomic E-state index is 0.0586. The molecule has 0 bridgehead atoms. The topological polar surface area (TPSA) is 89.5 Å². The molecule has 7 heteroatoms. The minimum atomic E-state index is -0.493. The number of amides is 1. The van der Waals surface area contributed by atoms with Gasteiger partial charge in [0.15, 0.2) is 0 Å². The third-order valence-corrected chi connectivity index (χ3v) is 4.63. The third kappa shape index (κ3) is 3.84. The van der Waals surface area contributed by atoms with Crippen LogP contribution in [0.25, 0.3) is 5.65 Å². The number of imidazole rings is 1. The Hall–Kier alpha value is -4.00. The Morgan fingerprint density at radius 1 is 1.07 bits per heavy atom. The molecule has 1 amide bonds. The molecule has 0 spiro atoms. The summed E-state index contributed by atoms with van der Waals surface area (Å²) in [6.07, 6.45) is 2.49. The van der Waals surface area contributed by atoms with Gasteiger partial charge in [0, 0.05) is 30.3 Å². The van der Waals surface area contributed by atoms with Crippen LogP contribution in [0.1, 0.15) is 27.2 Å². The van der Waals surface area contributed by atoms with Crippen LogP contribution in [-0.4, -0.2) is 20.2 Å². The fourth-order valence-corrected chi connectivity index (χ4v) is 3.16. The van der Waals surface area contributed by atoms with Crippen molar-refractivity contribution in [3.05, 3.63) is 105 Å². The summed E-state index contributed by atoms with van der Waals surface area (Å²) in [6, 6.07) is 19.3. The highest BCUT2D eigenvalue weighted by molar-refractivity contribution is 6.04. The van der Waals surface area contributed by atoms with Crippen molar-refractivity contribution in [2.24, 2.45) is 0 Å². The molecule has 0 aliphatic carbocycles. The van der Waals surface area contributed by atoms with Gasteiger partial charge in [-0.2, -0.15) is 0 Å². The van der Waals surface area contributed by atoms with Gasteiger partial charge < -0.3 is 5.32 Å². The number of nitrogens with one attached hydrogen (secondary N) is 1. The van der Waals surface area contributed by atoms with E-state index in [0.717, 1.165) is 22.5 Å². The molecule has 29 heavy (non-hydrogen) atoms. The highest BCUT2D eigenvalue weighted by atomic mass is 16.6. The van der Waals surface area contributed by atoms with Gasteiger partial charge in [-0.1, -0.05) is 36.4 Å². The summed E-state index contributed by atoms with van der Waals surface area (Å²) in [5.41, 5.74) is 3.88. The lowest BCUT2D eigenvalue weighted by molar-refractivity contribution is -0.384. The summed E-state index contributed by atoms with van der Waals surface area (Å²) in [7, 11) is 0. The zero-order valence-electron chi connectivity index (χ0n) is 15.7. The van der Waals surface area contributed by atoms with Crippen molar-refractivity contribution in [1.82, 2.24) is 9.38 Å². The first kappa shape index (κ1) is 18.4. The zero-order valence-corrected chi connectivity index (χ0v) is 15.7. The Bertz CT molecular complexity index is 1200. The van der Waals surface area contributed by atoms with Crippen molar-refractivity contribution in [3.63, 3.8) is 0 Å². The number of fused-ring (bicyclic) bond motifs is 1. The second-order valence-corrected chi connectivity index (χ2v) is 6.76. The van der Waals surface area contributed by atoms with Crippen LogP contribution >= 0.6 is 0 Å². The number of carbonyl (C=O) groups excluding carboxylic acids is 1. The largest absolute Gasteiger partial charge is 0.306 e. The SMILES string of the molecule is Cc1ccc2nc(Cc3ccccc3)c(NC(=O)c3ccc([N+](=O)[O-])cc3)n2c1. The van der Waals surface area contributed by atoms with Crippen LogP contribution in [-0.2, 0) is 6.42 Å². The van der Waals surface area contributed by atoms with Gasteiger partial charge in [0.05, 0.1) is 10.6 Å². The van der Waals surface area contributed by atoms with Gasteiger partial charge in [-0.3, -0.25) is 19.3 Å². The van der Waals surface area contributed by atoms with E-state index >= 15 is 0 Å². The molecule has 0 aliphatic rings. The van der Waals surface area contributed by atoms with E-state index in [2.05, 4.69) is 5.32 Å². The van der Waals surface area contributed by atoms with Crippen LogP contribution in [0.3, 0.4) is 0 Å². The molecule has 4 aromatic rings. The lowest BCUT2D eigenvalue weighted by Crippen LogP contribution is -2.15. The van der Waals surface area contributed by atoms with Crippen molar-refractivity contribution in [1.29, 1.82) is 0 Å². The highest BCUT2D eigenvalue weighted by Crippen LogP contribution is 2.23. The fourth-order valence-electron chi connectivity index (χ4n) is 3.16. The van der Waals surface area contributed by atoms with E-state index in [4.69, 9.17) is 4.98 Å². The van der Waals surface area contributed by atoms with Crippen LogP contribution in [0.4, 0.5) is 11.5 Å². The maximum absolute atomic E-state index is 12.8. The molecule has 0 unspecified atom stereocenters. The molecule has 0 saturated carbocycles. The number of anilines is 1. The number of aryl methyl sites for hydroxylation is 1. The van der Waals surface area contributed by atoms with Crippen LogP contribution in [0.5, 0.6) is 0 Å². The Kier molecular flexibility index (Phi) is 4.78. The number of carbonyl (C=O) groups is 1. The van der Waals surface area contributed by atoms with Crippen LogP contribution in [0.15, 0.2) is 72.9 Å². The molecule has 0 radical (unpaired) electrons. The Morgan fingerprint density at radius 3 is 2.48 bits per heavy atom. The van der Waals surface area contributed by atoms with E-state index in [1.54, 1.807) is 0 Å². The molecular weight excluding hydrogens is 368 g/mol. The van der Waals surface area contributed by atoms with Crippen molar-refractivity contribution >= 4 is 23.1 Å². The second-order valence-electron chi connectivity index (χ2n) is 6.76. The normalized spacial score (nSPS) is 10.8. The van der Waals surface area contributed by atoms with Gasteiger partial charge in [0.1, 0.15) is 11.5 Å². The van der Waals surface area contributed by atoms with Gasteiger partial charge in [-0.25, -0.2) is 4.98 Å². The van der Waals surface area contributed by atoms with Gasteiger partial charge in [-0.05, 0) is 36.2 Å². The van der Waals surface area contributed by atoms with Crippen molar-refractivity contribution < 1.29 is 9.72 Å². The lowest BCUT2D eigenvalue weighted by Gasteiger charge is -2.08. The first-order chi connectivity index (χ1) is 14.0. The average molecular weight is 386 g/mol. The van der Waals surface area contributed by atoms with Crippen LogP contribution in [0, 0.1) is 17.0 Å². The third-order valence-electron chi connectivity index (χ3n) is 4.63. The Morgan fingerprint density at radius 2 is 1.79 bits per heavy atom. The van der Waals surface area contributed by atoms with Crippen molar-refractivity contribution in [2.75, 3.05) is 5.32 Å². The van der Waals surface area contributed by atoms with E-state index in [9.17, 15) is 14.9 Å². The maximum atomic E-state index is 12.8. The maximum Gasteiger partial charge on any atom is 0.269 e. The second kappa shape index (κ2) is 7.55. The first-order valence-corrected chi connectivity index (χ1v) is 9.08. The Labute approximate surface area is 166 Å². The Balaban J connectivity index is 1.70. The summed E-state index contributed by atoms with van der Waals surface area (Å²) in [5.74, 6) is 0.244. The quantitative estimate of drug-likeness (QED) is 0.407. The molecule has 0 saturated heterocycles. The summed E-state index contributed by atoms with van der Waals surface area (Å²) in [4.78, 5) is 27.8. The standard InChI is InChI=1S/C22H18N4O3/c1-15-7-12-20-23-19(13-16-5-3-2-4-6-16)21(25(20)14-15)24-22(27)17-8-10-18(11-9-17)26(28)29/h2-12,14H,13H2,1H3,(H,24,27). The summed E-state index contributed by atoms with van der Waals surface area (Å²) >= 11 is 0. The number of hydrogen-bond donors (Lipinski definition) is 1. The zero-order chi connectivity index (χ0) is 20.4. The molecular formula is C22H18N4O3. The molecule has 4 rings (SSSR count). The lowest BCUT2D eigenvalue weighted by atomic mass is 10.1. The van der Waals surface area contributed by atoms with Crippen molar-refractivity contribution in [3.8, 4) is 0 Å². The molecule has 0 fully saturated rings. The number of hydrogen-bond acceptors (Lipinski definition) is 4. The summed E-state index contributed by atoms with van der Waals surface area (Å²) < 4.78 is 1.86. The molecule has 0 atom stereocenters. The first-order valence-electron chi connectivity index (χ1n) is 9.08. The summed E-state index contributed by atoms with van der Waals surface area (Å²) in [6.45, 7) is 1.97. The molecule has 1 N–H and O–H groups in total. The number of non-ortho nitro benzene ring substituents is 1. The predicted molar refractivity (Wildman–Crippen MR) is 110 cm³/mol. The average Bonchev–Trinajstić information content (AvgIpc) is 3.05. The van der Waals surface area contributed by atoms with E-state index in [1.807, 2.05) is 60.0 Å². The fraction of sp³-hybridized carbons (Fsp3) is 0.0909. The number of aromatic nitrogens is 2. The monoisotopic (exact) mass is 386 g/mol. The number of benzene rings is 2. The number of nitro groups is 1. The van der Waals surface area contributed by atoms with Gasteiger partial charge >= 0.3 is 0 Å². The van der Waals surface area contributed by atoms with Crippen molar-refractivity contribution in [2.45, 2.75) is 13.3 Å². The minimum Gasteiger partial charge on any atom is -0.306 e. The number of rotatable bonds is 5. The number of nitro benzene ring substituents is 1. The van der Waals surface area contributed by atoms with E-state index < -0.39 is 4.92 Å². The van der Waals surface area contributed by atoms with Crippen LogP contribution < -0.4 is 5.32 Å². The number of pyridine rings is 1. The molecule has 2 aromatic heterocycles. The smallest absolute Gasteiger partial charge is 0.269 e. The van der Waals surface area contributed by atoms with Gasteiger partial charge in [0.25, 0.3) is 11.6 Å². The van der Waals surface area contributed by atoms with Crippen LogP contribution in [0.2, 0.25) is 0 Å². The van der Waals surface area contributed by atoms with Gasteiger partial charge in [0.2, 0.25) is 0 Å². The van der Waals surface area contributed by atoms with E-state index in [-0.39, 0.29) is 11.6 Å². The predicted octanol–water partition coefficient (Wildman–Crippen LogP) is 4.39. The number of nitrogens with zero attached hydrogens (tertiary/aromatic N) is 3. The molecule has 144 valence electrons. The van der Waals surface area contributed by atoms with E-state index in [1.165, 1.54) is 24.3 Å². The van der Waals surface area contributed by atoms with Gasteiger partial charge in [-0.15, -0.1) is 0 Å². The molecule has 2 aromatic carbocycles. The molecule has 0 aliphatic heterocycles. The van der Waals surface area contributed by atoms with E-state index in [0.29, 0.717) is 17.8 Å². The summed E-state index contributed by atoms with van der Waals surface area (Å²) in [5, 5.41) is 13.8. The molecule has 2 heterocycles. The highest BCUT2D eigenvalue weighted by Gasteiger charge is 2.17. The molecule has 7 nitrogen and oxygen atoms in total.